The number of aromatic nitrogens is 1. The lowest BCUT2D eigenvalue weighted by Gasteiger charge is -1.96. The predicted octanol–water partition coefficient (Wildman–Crippen LogP) is 2.16. The van der Waals surface area contributed by atoms with E-state index in [1.165, 1.54) is 24.3 Å². The van der Waals surface area contributed by atoms with Crippen LogP contribution in [0, 0.1) is 5.82 Å². The van der Waals surface area contributed by atoms with Crippen molar-refractivity contribution >= 4 is 0 Å². The summed E-state index contributed by atoms with van der Waals surface area (Å²) in [5.41, 5.74) is 0.657. The highest BCUT2D eigenvalue weighted by atomic mass is 19.1. The molecule has 0 N–H and O–H groups in total. The Labute approximate surface area is 89.5 Å². The minimum Gasteiger partial charge on any atom is -0.207 e. The summed E-state index contributed by atoms with van der Waals surface area (Å²) in [6, 6.07) is 4.37. The number of halogens is 1. The van der Waals surface area contributed by atoms with E-state index >= 15 is 0 Å². The summed E-state index contributed by atoms with van der Waals surface area (Å²) in [6.07, 6.45) is -0.592. The molecule has 70 valence electrons. The monoisotopic (exact) mass is 193 g/mol. The molecule has 14 heavy (non-hydrogen) atoms. The van der Waals surface area contributed by atoms with Gasteiger partial charge in [-0.3, -0.25) is 0 Å². The Balaban J connectivity index is 2.48. The maximum absolute atomic E-state index is 12.8. The second-order valence-electron chi connectivity index (χ2n) is 2.81. The van der Waals surface area contributed by atoms with Crippen molar-refractivity contribution in [2.75, 3.05) is 0 Å². The fourth-order valence-corrected chi connectivity index (χ4v) is 1.10. The summed E-state index contributed by atoms with van der Waals surface area (Å²) >= 11 is 0. The summed E-state index contributed by atoms with van der Waals surface area (Å²) in [7, 11) is 0. The largest absolute Gasteiger partial charge is 0.207 e. The minimum atomic E-state index is -0.426. The van der Waals surface area contributed by atoms with Gasteiger partial charge in [-0.05, 0) is 24.3 Å². The molecule has 0 saturated carbocycles. The van der Waals surface area contributed by atoms with Gasteiger partial charge in [0.1, 0.15) is 8.56 Å². The lowest BCUT2D eigenvalue weighted by atomic mass is 10.2. The van der Waals surface area contributed by atoms with Gasteiger partial charge in [-0.25, -0.2) is 8.96 Å². The van der Waals surface area contributed by atoms with Gasteiger partial charge in [0.15, 0.2) is 18.9 Å². The van der Waals surface area contributed by atoms with Crippen molar-refractivity contribution in [1.29, 1.82) is 0 Å². The molecule has 0 aliphatic carbocycles. The highest BCUT2D eigenvalue weighted by Crippen LogP contribution is 2.01. The van der Waals surface area contributed by atoms with Crippen LogP contribution in [0.25, 0.3) is 0 Å². The Bertz CT molecular complexity index is 598. The number of hydrogen-bond donors (Lipinski definition) is 0. The fraction of sp³-hybridized carbons (Fsp3) is 0.0833. The minimum absolute atomic E-state index is 0.0932. The molecule has 0 unspecified atom stereocenters. The first kappa shape index (κ1) is 4.69. The van der Waals surface area contributed by atoms with Crippen LogP contribution >= 0.6 is 0 Å². The van der Waals surface area contributed by atoms with Gasteiger partial charge in [0.05, 0.1) is 4.11 Å². The van der Waals surface area contributed by atoms with Gasteiger partial charge in [-0.2, -0.15) is 0 Å². The number of nitrogens with zero attached hydrogens (tertiary/aromatic N) is 1. The molecule has 2 aromatic rings. The number of hydrogen-bond acceptors (Lipinski definition) is 0. The second-order valence-corrected chi connectivity index (χ2v) is 2.81. The summed E-state index contributed by atoms with van der Waals surface area (Å²) in [5.74, 6) is -0.380. The van der Waals surface area contributed by atoms with Crippen LogP contribution in [0.4, 0.5) is 4.39 Å². The van der Waals surface area contributed by atoms with Crippen molar-refractivity contribution in [3.63, 3.8) is 0 Å². The van der Waals surface area contributed by atoms with Crippen LogP contribution < -0.4 is 4.57 Å². The molecule has 0 aliphatic heterocycles. The lowest BCUT2D eigenvalue weighted by molar-refractivity contribution is -0.688. The van der Waals surface area contributed by atoms with Crippen molar-refractivity contribution in [3.05, 3.63) is 66.1 Å². The summed E-state index contributed by atoms with van der Waals surface area (Å²) in [4.78, 5) is 0. The van der Waals surface area contributed by atoms with Gasteiger partial charge in [0, 0.05) is 17.6 Å². The molecule has 0 amide bonds. The normalized spacial score (nSPS) is 15.1. The van der Waals surface area contributed by atoms with Gasteiger partial charge in [0.2, 0.25) is 0 Å². The maximum atomic E-state index is 12.8. The first-order valence-electron chi connectivity index (χ1n) is 6.63. The molecule has 0 bridgehead atoms. The van der Waals surface area contributed by atoms with E-state index in [9.17, 15) is 4.39 Å². The Morgan fingerprint density at radius 1 is 1.07 bits per heavy atom. The zero-order valence-electron chi connectivity index (χ0n) is 12.3. The number of benzene rings is 1. The highest BCUT2D eigenvalue weighted by molar-refractivity contribution is 5.14. The van der Waals surface area contributed by atoms with Crippen LogP contribution in [-0.2, 0) is 6.54 Å². The van der Waals surface area contributed by atoms with E-state index in [0.29, 0.717) is 5.56 Å². The maximum Gasteiger partial charge on any atom is 0.173 e. The molecule has 0 radical (unpaired) electrons. The Morgan fingerprint density at radius 3 is 2.36 bits per heavy atom. The van der Waals surface area contributed by atoms with E-state index in [-0.39, 0.29) is 36.8 Å². The van der Waals surface area contributed by atoms with E-state index in [1.54, 1.807) is 0 Å². The predicted molar refractivity (Wildman–Crippen MR) is 52.1 cm³/mol. The molecule has 2 heteroatoms. The van der Waals surface area contributed by atoms with E-state index in [0.717, 1.165) is 4.57 Å². The first-order valence-corrected chi connectivity index (χ1v) is 4.13. The van der Waals surface area contributed by atoms with Crippen molar-refractivity contribution in [3.8, 4) is 0 Å². The molecule has 0 atom stereocenters. The van der Waals surface area contributed by atoms with Crippen LogP contribution in [-0.4, -0.2) is 0 Å². The van der Waals surface area contributed by atoms with E-state index < -0.39 is 6.04 Å². The lowest BCUT2D eigenvalue weighted by Crippen LogP contribution is -2.32. The van der Waals surface area contributed by atoms with E-state index in [1.807, 2.05) is 0 Å². The molecule has 1 nitrogen and oxygen atoms in total. The van der Waals surface area contributed by atoms with Crippen LogP contribution in [0.15, 0.2) is 54.7 Å². The zero-order chi connectivity index (χ0) is 14.2. The molecule has 1 aromatic heterocycles. The van der Waals surface area contributed by atoms with Gasteiger partial charge >= 0.3 is 0 Å². The van der Waals surface area contributed by atoms with Crippen LogP contribution in [0.3, 0.4) is 0 Å². The van der Waals surface area contributed by atoms with Gasteiger partial charge < -0.3 is 0 Å². The fourth-order valence-electron chi connectivity index (χ4n) is 1.10. The third kappa shape index (κ3) is 2.16. The number of pyridine rings is 1. The smallest absolute Gasteiger partial charge is 0.173 e. The van der Waals surface area contributed by atoms with Crippen molar-refractivity contribution in [2.45, 2.75) is 6.54 Å². The summed E-state index contributed by atoms with van der Waals surface area (Å²) in [6.45, 7) is 0.0932. The SMILES string of the molecule is [2H]c1c([2H])c([2H])[n+](Cc2ccc(F)cc2)c([2H])c1[2H]. The topological polar surface area (TPSA) is 3.88 Å². The second kappa shape index (κ2) is 4.01. The van der Waals surface area contributed by atoms with Gasteiger partial charge in [-0.1, -0.05) is 6.04 Å². The van der Waals surface area contributed by atoms with Gasteiger partial charge in [-0.15, -0.1) is 0 Å². The standard InChI is InChI=1S/C12H11FN/c13-12-6-4-11(5-7-12)10-14-8-2-1-3-9-14/h1-9H,10H2/q+1/i1D,2D,3D,8D,9D. The molecule has 2 rings (SSSR count). The van der Waals surface area contributed by atoms with E-state index in [2.05, 4.69) is 0 Å². The number of rotatable bonds is 2. The van der Waals surface area contributed by atoms with Crippen molar-refractivity contribution in [1.82, 2.24) is 0 Å². The van der Waals surface area contributed by atoms with Crippen LogP contribution in [0.1, 0.15) is 12.4 Å². The molecule has 0 aliphatic rings. The molecule has 1 aromatic carbocycles. The third-order valence-electron chi connectivity index (χ3n) is 1.76. The summed E-state index contributed by atoms with van der Waals surface area (Å²) in [5, 5.41) is 0. The molecule has 0 spiro atoms. The first-order chi connectivity index (χ1) is 8.91. The van der Waals surface area contributed by atoms with Crippen molar-refractivity contribution < 1.29 is 15.8 Å². The molecule has 1 heterocycles. The van der Waals surface area contributed by atoms with Gasteiger partial charge in [0.25, 0.3) is 0 Å². The molecular weight excluding hydrogens is 177 g/mol. The highest BCUT2D eigenvalue weighted by Gasteiger charge is 2.00. The Kier molecular flexibility index (Phi) is 1.34. The quantitative estimate of drug-likeness (QED) is 0.643. The van der Waals surface area contributed by atoms with Crippen molar-refractivity contribution in [2.24, 2.45) is 0 Å². The van der Waals surface area contributed by atoms with E-state index in [4.69, 9.17) is 6.85 Å². The molecule has 0 saturated heterocycles. The third-order valence-corrected chi connectivity index (χ3v) is 1.76. The molecule has 0 fully saturated rings. The van der Waals surface area contributed by atoms with Crippen LogP contribution in [0.5, 0.6) is 0 Å². The molecular formula is C12H11FN+. The average molecular weight is 193 g/mol. The average Bonchev–Trinajstić information content (AvgIpc) is 2.41. The Morgan fingerprint density at radius 2 is 1.71 bits per heavy atom. The Hall–Kier alpha value is -1.70. The zero-order valence-corrected chi connectivity index (χ0v) is 7.34. The summed E-state index contributed by atoms with van der Waals surface area (Å²) < 4.78 is 52.0. The van der Waals surface area contributed by atoms with Crippen LogP contribution in [0.2, 0.25) is 0 Å².